The number of thioether (sulfide) groups is 1. The number of Topliss-reactive ketones (excluding diaryl/α,β-unsaturated/α-hetero) is 1. The summed E-state index contributed by atoms with van der Waals surface area (Å²) < 4.78 is 0.597. The Morgan fingerprint density at radius 1 is 1.07 bits per heavy atom. The van der Waals surface area contributed by atoms with Crippen molar-refractivity contribution < 1.29 is 14.4 Å². The molecule has 0 spiro atoms. The van der Waals surface area contributed by atoms with E-state index in [4.69, 9.17) is 0 Å². The molecule has 3 amide bonds. The molecule has 1 aromatic heterocycles. The molecule has 0 saturated heterocycles. The highest BCUT2D eigenvalue weighted by Gasteiger charge is 2.17. The molecule has 1 aliphatic carbocycles. The van der Waals surface area contributed by atoms with Gasteiger partial charge in [0, 0.05) is 17.3 Å². The Kier molecular flexibility index (Phi) is 7.59. The summed E-state index contributed by atoms with van der Waals surface area (Å²) in [6.45, 7) is 1.50. The summed E-state index contributed by atoms with van der Waals surface area (Å²) in [5, 5.41) is 16.8. The predicted octanol–water partition coefficient (Wildman–Crippen LogP) is 3.93. The smallest absolute Gasteiger partial charge is 0.321 e. The highest BCUT2D eigenvalue weighted by molar-refractivity contribution is 8.01. The van der Waals surface area contributed by atoms with Gasteiger partial charge in [0.15, 0.2) is 10.1 Å². The lowest BCUT2D eigenvalue weighted by molar-refractivity contribution is -0.113. The van der Waals surface area contributed by atoms with Crippen molar-refractivity contribution in [3.63, 3.8) is 0 Å². The minimum atomic E-state index is -0.267. The molecular formula is C19H23N5O3S2. The summed E-state index contributed by atoms with van der Waals surface area (Å²) in [5.41, 5.74) is 1.22. The number of hydrogen-bond donors (Lipinski definition) is 3. The Labute approximate surface area is 177 Å². The second-order valence-corrected chi connectivity index (χ2v) is 8.98. The van der Waals surface area contributed by atoms with Crippen LogP contribution in [0.15, 0.2) is 28.6 Å². The molecule has 1 heterocycles. The topological polar surface area (TPSA) is 113 Å². The van der Waals surface area contributed by atoms with Gasteiger partial charge in [-0.15, -0.1) is 10.2 Å². The summed E-state index contributed by atoms with van der Waals surface area (Å²) in [5.74, 6) is -0.0472. The molecule has 0 bridgehead atoms. The number of hydrogen-bond acceptors (Lipinski definition) is 7. The van der Waals surface area contributed by atoms with Crippen LogP contribution in [0.3, 0.4) is 0 Å². The van der Waals surface area contributed by atoms with Gasteiger partial charge in [-0.25, -0.2) is 4.79 Å². The fraction of sp³-hybridized carbons (Fsp3) is 0.421. The fourth-order valence-electron chi connectivity index (χ4n) is 3.00. The molecule has 1 aliphatic rings. The molecule has 0 atom stereocenters. The number of urea groups is 1. The van der Waals surface area contributed by atoms with Crippen LogP contribution in [-0.4, -0.2) is 39.7 Å². The minimum Gasteiger partial charge on any atom is -0.335 e. The van der Waals surface area contributed by atoms with E-state index in [0.717, 1.165) is 25.7 Å². The summed E-state index contributed by atoms with van der Waals surface area (Å²) in [6.07, 6.45) is 5.55. The first-order valence-electron chi connectivity index (χ1n) is 9.44. The maximum atomic E-state index is 12.1. The SMILES string of the molecule is CC(=O)c1ccc(NC(=O)CSc2nnc(NC(=O)NC3CCCCC3)s2)cc1. The molecular weight excluding hydrogens is 410 g/mol. The Bertz CT molecular complexity index is 863. The predicted molar refractivity (Wildman–Crippen MR) is 115 cm³/mol. The van der Waals surface area contributed by atoms with E-state index in [-0.39, 0.29) is 29.5 Å². The van der Waals surface area contributed by atoms with Gasteiger partial charge in [-0.2, -0.15) is 0 Å². The summed E-state index contributed by atoms with van der Waals surface area (Å²) in [6, 6.07) is 6.68. The van der Waals surface area contributed by atoms with Crippen molar-refractivity contribution in [2.45, 2.75) is 49.4 Å². The van der Waals surface area contributed by atoms with Gasteiger partial charge in [0.05, 0.1) is 5.75 Å². The maximum Gasteiger partial charge on any atom is 0.321 e. The molecule has 1 fully saturated rings. The van der Waals surface area contributed by atoms with Crippen LogP contribution in [0.1, 0.15) is 49.4 Å². The molecule has 10 heteroatoms. The van der Waals surface area contributed by atoms with Crippen LogP contribution in [0.4, 0.5) is 15.6 Å². The average molecular weight is 434 g/mol. The van der Waals surface area contributed by atoms with E-state index >= 15 is 0 Å². The van der Waals surface area contributed by atoms with Crippen molar-refractivity contribution >= 4 is 51.6 Å². The van der Waals surface area contributed by atoms with Gasteiger partial charge < -0.3 is 10.6 Å². The Morgan fingerprint density at radius 3 is 2.48 bits per heavy atom. The van der Waals surface area contributed by atoms with E-state index in [1.165, 1.54) is 36.4 Å². The molecule has 0 unspecified atom stereocenters. The van der Waals surface area contributed by atoms with Gasteiger partial charge in [0.1, 0.15) is 0 Å². The van der Waals surface area contributed by atoms with Crippen LogP contribution in [0.5, 0.6) is 0 Å². The largest absolute Gasteiger partial charge is 0.335 e. The van der Waals surface area contributed by atoms with E-state index < -0.39 is 0 Å². The number of carbonyl (C=O) groups is 3. The van der Waals surface area contributed by atoms with Gasteiger partial charge in [0.2, 0.25) is 11.0 Å². The number of benzene rings is 1. The van der Waals surface area contributed by atoms with Crippen molar-refractivity contribution in [3.8, 4) is 0 Å². The van der Waals surface area contributed by atoms with Crippen molar-refractivity contribution in [3.05, 3.63) is 29.8 Å². The first kappa shape index (κ1) is 21.3. The number of rotatable bonds is 7. The zero-order valence-electron chi connectivity index (χ0n) is 16.1. The van der Waals surface area contributed by atoms with Crippen LogP contribution < -0.4 is 16.0 Å². The lowest BCUT2D eigenvalue weighted by Crippen LogP contribution is -2.38. The Hall–Kier alpha value is -2.46. The second-order valence-electron chi connectivity index (χ2n) is 6.78. The Morgan fingerprint density at radius 2 is 1.79 bits per heavy atom. The van der Waals surface area contributed by atoms with Crippen molar-refractivity contribution in [1.29, 1.82) is 0 Å². The van der Waals surface area contributed by atoms with Gasteiger partial charge in [-0.1, -0.05) is 42.4 Å². The molecule has 0 radical (unpaired) electrons. The van der Waals surface area contributed by atoms with Gasteiger partial charge in [-0.3, -0.25) is 14.9 Å². The quantitative estimate of drug-likeness (QED) is 0.346. The third-order valence-corrected chi connectivity index (χ3v) is 6.44. The molecule has 154 valence electrons. The zero-order valence-corrected chi connectivity index (χ0v) is 17.7. The summed E-state index contributed by atoms with van der Waals surface area (Å²) in [7, 11) is 0. The van der Waals surface area contributed by atoms with Crippen LogP contribution in [0.2, 0.25) is 0 Å². The number of anilines is 2. The molecule has 1 aromatic carbocycles. The highest BCUT2D eigenvalue weighted by Crippen LogP contribution is 2.26. The molecule has 1 saturated carbocycles. The van der Waals surface area contributed by atoms with E-state index in [9.17, 15) is 14.4 Å². The average Bonchev–Trinajstić information content (AvgIpc) is 3.14. The van der Waals surface area contributed by atoms with E-state index in [1.54, 1.807) is 24.3 Å². The monoisotopic (exact) mass is 433 g/mol. The van der Waals surface area contributed by atoms with Crippen LogP contribution >= 0.6 is 23.1 Å². The number of ketones is 1. The second kappa shape index (κ2) is 10.4. The molecule has 2 aromatic rings. The third-order valence-electron chi connectivity index (χ3n) is 4.47. The number of nitrogens with one attached hydrogen (secondary N) is 3. The lowest BCUT2D eigenvalue weighted by atomic mass is 9.96. The third kappa shape index (κ3) is 6.82. The van der Waals surface area contributed by atoms with Gasteiger partial charge in [0.25, 0.3) is 0 Å². The lowest BCUT2D eigenvalue weighted by Gasteiger charge is -2.22. The zero-order chi connectivity index (χ0) is 20.6. The number of amides is 3. The molecule has 3 rings (SSSR count). The number of nitrogens with zero attached hydrogens (tertiary/aromatic N) is 2. The van der Waals surface area contributed by atoms with Crippen LogP contribution in [0, 0.1) is 0 Å². The first-order chi connectivity index (χ1) is 14.0. The molecule has 29 heavy (non-hydrogen) atoms. The molecule has 0 aliphatic heterocycles. The van der Waals surface area contributed by atoms with Crippen molar-refractivity contribution in [2.24, 2.45) is 0 Å². The number of aromatic nitrogens is 2. The van der Waals surface area contributed by atoms with Crippen LogP contribution in [0.25, 0.3) is 0 Å². The van der Waals surface area contributed by atoms with Gasteiger partial charge in [-0.05, 0) is 44.0 Å². The molecule has 3 N–H and O–H groups in total. The minimum absolute atomic E-state index is 0.0217. The van der Waals surface area contributed by atoms with Crippen molar-refractivity contribution in [1.82, 2.24) is 15.5 Å². The summed E-state index contributed by atoms with van der Waals surface area (Å²) in [4.78, 5) is 35.4. The van der Waals surface area contributed by atoms with E-state index in [1.807, 2.05) is 0 Å². The summed E-state index contributed by atoms with van der Waals surface area (Å²) >= 11 is 2.47. The Balaban J connectivity index is 1.41. The van der Waals surface area contributed by atoms with Gasteiger partial charge >= 0.3 is 6.03 Å². The van der Waals surface area contributed by atoms with Crippen molar-refractivity contribution in [2.75, 3.05) is 16.4 Å². The fourth-order valence-corrected chi connectivity index (χ4v) is 4.54. The normalized spacial score (nSPS) is 14.2. The van der Waals surface area contributed by atoms with Crippen LogP contribution in [-0.2, 0) is 4.79 Å². The standard InChI is InChI=1S/C19H23N5O3S2/c1-12(25)13-7-9-15(10-8-13)20-16(26)11-28-19-24-23-18(29-19)22-17(27)21-14-5-3-2-4-6-14/h7-10,14H,2-6,11H2,1H3,(H,20,26)(H2,21,22,23,27). The molecule has 8 nitrogen and oxygen atoms in total. The maximum absolute atomic E-state index is 12.1. The first-order valence-corrected chi connectivity index (χ1v) is 11.2. The van der Waals surface area contributed by atoms with E-state index in [2.05, 4.69) is 26.1 Å². The number of carbonyl (C=O) groups excluding carboxylic acids is 3. The highest BCUT2D eigenvalue weighted by atomic mass is 32.2. The van der Waals surface area contributed by atoms with E-state index in [0.29, 0.717) is 20.7 Å².